The number of para-hydroxylation sites is 1. The van der Waals surface area contributed by atoms with Gasteiger partial charge in [-0.15, -0.1) is 0 Å². The maximum Gasteiger partial charge on any atom is 0.417 e. The van der Waals surface area contributed by atoms with Crippen LogP contribution in [0.5, 0.6) is 5.75 Å². The molecule has 2 aromatic carbocycles. The van der Waals surface area contributed by atoms with Gasteiger partial charge in [0.15, 0.2) is 0 Å². The third-order valence-corrected chi connectivity index (χ3v) is 2.50. The molecular formula is C15H14N2O4. The van der Waals surface area contributed by atoms with Gasteiger partial charge >= 0.3 is 12.2 Å². The molecule has 0 heterocycles. The van der Waals surface area contributed by atoms with Gasteiger partial charge in [0.1, 0.15) is 5.75 Å². The molecule has 0 unspecified atom stereocenters. The van der Waals surface area contributed by atoms with E-state index in [0.717, 1.165) is 0 Å². The van der Waals surface area contributed by atoms with Crippen molar-refractivity contribution >= 4 is 23.6 Å². The molecule has 108 valence electrons. The van der Waals surface area contributed by atoms with Crippen molar-refractivity contribution in [3.63, 3.8) is 0 Å². The number of hydrogen-bond donors (Lipinski definition) is 2. The average molecular weight is 286 g/mol. The minimum atomic E-state index is -0.614. The molecule has 2 amide bonds. The van der Waals surface area contributed by atoms with Gasteiger partial charge in [0, 0.05) is 17.4 Å². The highest BCUT2D eigenvalue weighted by molar-refractivity contribution is 5.87. The molecule has 0 radical (unpaired) electrons. The molecule has 0 aliphatic carbocycles. The lowest BCUT2D eigenvalue weighted by Gasteiger charge is -2.08. The third-order valence-electron chi connectivity index (χ3n) is 2.50. The van der Waals surface area contributed by atoms with Crippen molar-refractivity contribution in [2.24, 2.45) is 0 Å². The highest BCUT2D eigenvalue weighted by atomic mass is 16.6. The Bertz CT molecular complexity index is 629. The molecule has 0 saturated heterocycles. The Hall–Kier alpha value is -3.02. The Balaban J connectivity index is 1.97. The number of rotatable bonds is 3. The smallest absolute Gasteiger partial charge is 0.417 e. The maximum atomic E-state index is 11.7. The van der Waals surface area contributed by atoms with E-state index in [0.29, 0.717) is 17.1 Å². The van der Waals surface area contributed by atoms with Crippen LogP contribution in [0.25, 0.3) is 0 Å². The number of ether oxygens (including phenoxy) is 2. The molecule has 0 fully saturated rings. The molecule has 6 nitrogen and oxygen atoms in total. The fourth-order valence-corrected chi connectivity index (χ4v) is 1.58. The second-order valence-corrected chi connectivity index (χ2v) is 4.02. The Morgan fingerprint density at radius 3 is 2.24 bits per heavy atom. The molecule has 0 aliphatic rings. The van der Waals surface area contributed by atoms with Crippen molar-refractivity contribution in [2.45, 2.75) is 0 Å². The lowest BCUT2D eigenvalue weighted by Crippen LogP contribution is -2.17. The predicted molar refractivity (Wildman–Crippen MR) is 78.6 cm³/mol. The molecule has 0 spiro atoms. The Morgan fingerprint density at radius 1 is 0.857 bits per heavy atom. The first-order chi connectivity index (χ1) is 10.2. The third kappa shape index (κ3) is 4.54. The van der Waals surface area contributed by atoms with Crippen molar-refractivity contribution < 1.29 is 19.1 Å². The first-order valence-corrected chi connectivity index (χ1v) is 6.16. The van der Waals surface area contributed by atoms with Crippen LogP contribution in [0.3, 0.4) is 0 Å². The fourth-order valence-electron chi connectivity index (χ4n) is 1.58. The Kier molecular flexibility index (Phi) is 4.76. The SMILES string of the molecule is COC(=O)Nc1cccc(OC(=O)Nc2ccccc2)c1. The van der Waals surface area contributed by atoms with Crippen molar-refractivity contribution in [3.8, 4) is 5.75 Å². The van der Waals surface area contributed by atoms with Gasteiger partial charge < -0.3 is 9.47 Å². The summed E-state index contributed by atoms with van der Waals surface area (Å²) in [6.07, 6.45) is -1.21. The molecule has 2 aromatic rings. The minimum absolute atomic E-state index is 0.303. The molecule has 0 aliphatic heterocycles. The van der Waals surface area contributed by atoms with E-state index < -0.39 is 12.2 Å². The van der Waals surface area contributed by atoms with Gasteiger partial charge in [0.2, 0.25) is 0 Å². The Morgan fingerprint density at radius 2 is 1.52 bits per heavy atom. The largest absolute Gasteiger partial charge is 0.453 e. The van der Waals surface area contributed by atoms with Crippen molar-refractivity contribution in [1.82, 2.24) is 0 Å². The molecule has 0 atom stereocenters. The zero-order valence-electron chi connectivity index (χ0n) is 11.3. The summed E-state index contributed by atoms with van der Waals surface area (Å²) in [5, 5.41) is 5.07. The van der Waals surface area contributed by atoms with E-state index in [9.17, 15) is 9.59 Å². The molecule has 6 heteroatoms. The number of benzene rings is 2. The van der Waals surface area contributed by atoms with Gasteiger partial charge in [-0.3, -0.25) is 10.6 Å². The van der Waals surface area contributed by atoms with E-state index >= 15 is 0 Å². The lowest BCUT2D eigenvalue weighted by molar-refractivity contribution is 0.187. The van der Waals surface area contributed by atoms with Crippen LogP contribution in [0.4, 0.5) is 21.0 Å². The van der Waals surface area contributed by atoms with Gasteiger partial charge in [-0.25, -0.2) is 9.59 Å². The van der Waals surface area contributed by atoms with E-state index in [1.807, 2.05) is 6.07 Å². The second-order valence-electron chi connectivity index (χ2n) is 4.02. The van der Waals surface area contributed by atoms with Crippen LogP contribution in [-0.2, 0) is 4.74 Å². The minimum Gasteiger partial charge on any atom is -0.453 e. The van der Waals surface area contributed by atoms with E-state index in [1.54, 1.807) is 42.5 Å². The number of methoxy groups -OCH3 is 1. The van der Waals surface area contributed by atoms with E-state index in [-0.39, 0.29) is 0 Å². The second kappa shape index (κ2) is 6.95. The molecule has 0 aromatic heterocycles. The summed E-state index contributed by atoms with van der Waals surface area (Å²) in [5.41, 5.74) is 1.10. The summed E-state index contributed by atoms with van der Waals surface area (Å²) in [7, 11) is 1.27. The van der Waals surface area contributed by atoms with Gasteiger partial charge in [0.05, 0.1) is 7.11 Å². The van der Waals surface area contributed by atoms with Crippen LogP contribution in [0.2, 0.25) is 0 Å². The number of amides is 2. The summed E-state index contributed by atoms with van der Waals surface area (Å²) in [6, 6.07) is 15.4. The van der Waals surface area contributed by atoms with Crippen molar-refractivity contribution in [1.29, 1.82) is 0 Å². The number of carbonyl (C=O) groups is 2. The van der Waals surface area contributed by atoms with Crippen molar-refractivity contribution in [2.75, 3.05) is 17.7 Å². The quantitative estimate of drug-likeness (QED) is 0.905. The summed E-state index contributed by atoms with van der Waals surface area (Å²) >= 11 is 0. The van der Waals surface area contributed by atoms with E-state index in [1.165, 1.54) is 13.2 Å². The average Bonchev–Trinajstić information content (AvgIpc) is 2.48. The zero-order chi connectivity index (χ0) is 15.1. The Labute approximate surface area is 121 Å². The highest BCUT2D eigenvalue weighted by Gasteiger charge is 2.06. The summed E-state index contributed by atoms with van der Waals surface area (Å²) in [6.45, 7) is 0. The fraction of sp³-hybridized carbons (Fsp3) is 0.0667. The van der Waals surface area contributed by atoms with E-state index in [2.05, 4.69) is 15.4 Å². The summed E-state index contributed by atoms with van der Waals surface area (Å²) in [5.74, 6) is 0.303. The zero-order valence-corrected chi connectivity index (χ0v) is 11.3. The first kappa shape index (κ1) is 14.4. The van der Waals surface area contributed by atoms with Gasteiger partial charge in [-0.05, 0) is 24.3 Å². The summed E-state index contributed by atoms with van der Waals surface area (Å²) < 4.78 is 9.62. The van der Waals surface area contributed by atoms with Gasteiger partial charge in [-0.1, -0.05) is 24.3 Å². The van der Waals surface area contributed by atoms with Gasteiger partial charge in [0.25, 0.3) is 0 Å². The van der Waals surface area contributed by atoms with Crippen LogP contribution < -0.4 is 15.4 Å². The van der Waals surface area contributed by atoms with Crippen LogP contribution in [0.15, 0.2) is 54.6 Å². The molecular weight excluding hydrogens is 272 g/mol. The molecule has 2 rings (SSSR count). The molecule has 21 heavy (non-hydrogen) atoms. The van der Waals surface area contributed by atoms with Crippen LogP contribution in [0, 0.1) is 0 Å². The van der Waals surface area contributed by atoms with Crippen LogP contribution in [-0.4, -0.2) is 19.3 Å². The topological polar surface area (TPSA) is 76.7 Å². The number of carbonyl (C=O) groups excluding carboxylic acids is 2. The van der Waals surface area contributed by atoms with Gasteiger partial charge in [-0.2, -0.15) is 0 Å². The van der Waals surface area contributed by atoms with Crippen LogP contribution >= 0.6 is 0 Å². The lowest BCUT2D eigenvalue weighted by atomic mass is 10.3. The first-order valence-electron chi connectivity index (χ1n) is 6.16. The predicted octanol–water partition coefficient (Wildman–Crippen LogP) is 3.48. The van der Waals surface area contributed by atoms with Crippen molar-refractivity contribution in [3.05, 3.63) is 54.6 Å². The monoisotopic (exact) mass is 286 g/mol. The van der Waals surface area contributed by atoms with E-state index in [4.69, 9.17) is 4.74 Å². The van der Waals surface area contributed by atoms with Crippen LogP contribution in [0.1, 0.15) is 0 Å². The standard InChI is InChI=1S/C15H14N2O4/c1-20-14(18)17-12-8-5-9-13(10-12)21-15(19)16-11-6-3-2-4-7-11/h2-10H,1H3,(H,16,19)(H,17,18). The maximum absolute atomic E-state index is 11.7. The number of nitrogens with one attached hydrogen (secondary N) is 2. The number of hydrogen-bond acceptors (Lipinski definition) is 4. The highest BCUT2D eigenvalue weighted by Crippen LogP contribution is 2.18. The number of anilines is 2. The molecule has 2 N–H and O–H groups in total. The molecule has 0 saturated carbocycles. The normalized spacial score (nSPS) is 9.57. The summed E-state index contributed by atoms with van der Waals surface area (Å²) in [4.78, 5) is 22.8. The molecule has 0 bridgehead atoms.